The molecule has 0 spiro atoms. The third-order valence-corrected chi connectivity index (χ3v) is 2.93. The molecular formula is C11H16N4O2. The molecule has 2 heterocycles. The molecule has 1 aliphatic rings. The summed E-state index contributed by atoms with van der Waals surface area (Å²) in [5.41, 5.74) is 0.496. The zero-order valence-corrected chi connectivity index (χ0v) is 9.56. The highest BCUT2D eigenvalue weighted by molar-refractivity contribution is 5.56. The molecule has 2 N–H and O–H groups in total. The van der Waals surface area contributed by atoms with Crippen LogP contribution in [0.25, 0.3) is 0 Å². The highest BCUT2D eigenvalue weighted by Crippen LogP contribution is 2.20. The first-order valence-electron chi connectivity index (χ1n) is 5.84. The topological polar surface area (TPSA) is 80.1 Å². The fourth-order valence-electron chi connectivity index (χ4n) is 2.06. The molecule has 1 aromatic heterocycles. The zero-order chi connectivity index (χ0) is 12.1. The van der Waals surface area contributed by atoms with Crippen molar-refractivity contribution in [3.05, 3.63) is 28.4 Å². The number of nitrogens with zero attached hydrogens (tertiary/aromatic N) is 2. The summed E-state index contributed by atoms with van der Waals surface area (Å²) in [5.74, 6) is -0.105. The molecule has 0 bridgehead atoms. The molecule has 6 heteroatoms. The normalized spacial score (nSPS) is 19.2. The smallest absolute Gasteiger partial charge is 0.378 e. The van der Waals surface area contributed by atoms with Crippen LogP contribution in [0.15, 0.2) is 18.3 Å². The van der Waals surface area contributed by atoms with Crippen molar-refractivity contribution >= 4 is 11.5 Å². The van der Waals surface area contributed by atoms with Crippen molar-refractivity contribution in [1.82, 2.24) is 10.3 Å². The summed E-state index contributed by atoms with van der Waals surface area (Å²) in [7, 11) is 0. The Balaban J connectivity index is 1.87. The highest BCUT2D eigenvalue weighted by atomic mass is 16.6. The maximum absolute atomic E-state index is 10.7. The summed E-state index contributed by atoms with van der Waals surface area (Å²) in [5, 5.41) is 17.2. The predicted octanol–water partition coefficient (Wildman–Crippen LogP) is 1.54. The van der Waals surface area contributed by atoms with Crippen molar-refractivity contribution in [3.8, 4) is 0 Å². The van der Waals surface area contributed by atoms with Crippen molar-refractivity contribution in [2.45, 2.75) is 25.3 Å². The molecule has 0 aromatic carbocycles. The van der Waals surface area contributed by atoms with Crippen molar-refractivity contribution in [2.75, 3.05) is 18.4 Å². The van der Waals surface area contributed by atoms with Crippen LogP contribution in [0.3, 0.4) is 0 Å². The first-order valence-corrected chi connectivity index (χ1v) is 5.84. The van der Waals surface area contributed by atoms with Crippen molar-refractivity contribution in [3.63, 3.8) is 0 Å². The van der Waals surface area contributed by atoms with E-state index < -0.39 is 4.92 Å². The van der Waals surface area contributed by atoms with E-state index in [2.05, 4.69) is 15.6 Å². The summed E-state index contributed by atoms with van der Waals surface area (Å²) >= 11 is 0. The zero-order valence-electron chi connectivity index (χ0n) is 9.56. The molecule has 1 atom stereocenters. The van der Waals surface area contributed by atoms with Gasteiger partial charge in [-0.3, -0.25) is 0 Å². The highest BCUT2D eigenvalue weighted by Gasteiger charge is 2.16. The Hall–Kier alpha value is -1.69. The van der Waals surface area contributed by atoms with Gasteiger partial charge in [0.15, 0.2) is 0 Å². The van der Waals surface area contributed by atoms with Crippen LogP contribution in [0.1, 0.15) is 19.3 Å². The number of hydrogen-bond donors (Lipinski definition) is 2. The Bertz CT molecular complexity index is 391. The largest absolute Gasteiger partial charge is 0.386 e. The molecule has 0 unspecified atom stereocenters. The summed E-state index contributed by atoms with van der Waals surface area (Å²) in [4.78, 5) is 14.0. The van der Waals surface area contributed by atoms with Gasteiger partial charge in [0.1, 0.15) is 11.9 Å². The van der Waals surface area contributed by atoms with E-state index in [0.717, 1.165) is 19.5 Å². The Labute approximate surface area is 99.6 Å². The molecule has 1 aliphatic heterocycles. The Morgan fingerprint density at radius 3 is 3.24 bits per heavy atom. The molecule has 0 radical (unpaired) electrons. The molecule has 0 saturated carbocycles. The van der Waals surface area contributed by atoms with E-state index in [1.807, 2.05) is 0 Å². The number of rotatable bonds is 5. The molecule has 0 amide bonds. The Morgan fingerprint density at radius 2 is 2.53 bits per heavy atom. The average Bonchev–Trinajstić information content (AvgIpc) is 2.82. The molecule has 1 fully saturated rings. The number of hydrogen-bond acceptors (Lipinski definition) is 5. The van der Waals surface area contributed by atoms with Crippen LogP contribution in [0.5, 0.6) is 0 Å². The summed E-state index contributed by atoms with van der Waals surface area (Å²) in [6.07, 6.45) is 4.82. The van der Waals surface area contributed by atoms with Gasteiger partial charge in [0.05, 0.1) is 0 Å². The van der Waals surface area contributed by atoms with Crippen LogP contribution in [-0.2, 0) is 0 Å². The SMILES string of the molecule is O=[N+]([O-])c1ncccc1NCC[C@H]1CCCN1. The number of nitro groups is 1. The van der Waals surface area contributed by atoms with Gasteiger partial charge in [0.2, 0.25) is 0 Å². The van der Waals surface area contributed by atoms with E-state index in [0.29, 0.717) is 11.7 Å². The Kier molecular flexibility index (Phi) is 3.87. The number of aromatic nitrogens is 1. The predicted molar refractivity (Wildman–Crippen MR) is 65.0 cm³/mol. The van der Waals surface area contributed by atoms with E-state index in [4.69, 9.17) is 0 Å². The van der Waals surface area contributed by atoms with Crippen molar-refractivity contribution < 1.29 is 4.92 Å². The molecular weight excluding hydrogens is 220 g/mol. The van der Waals surface area contributed by atoms with Gasteiger partial charge in [-0.25, -0.2) is 0 Å². The van der Waals surface area contributed by atoms with E-state index in [9.17, 15) is 10.1 Å². The van der Waals surface area contributed by atoms with Crippen LogP contribution in [0.4, 0.5) is 11.5 Å². The second-order valence-corrected chi connectivity index (χ2v) is 4.14. The van der Waals surface area contributed by atoms with E-state index in [-0.39, 0.29) is 5.82 Å². The van der Waals surface area contributed by atoms with Crippen LogP contribution in [0, 0.1) is 10.1 Å². The molecule has 2 rings (SSSR count). The minimum Gasteiger partial charge on any atom is -0.378 e. The molecule has 1 saturated heterocycles. The second-order valence-electron chi connectivity index (χ2n) is 4.14. The van der Waals surface area contributed by atoms with Gasteiger partial charge in [-0.1, -0.05) is 0 Å². The average molecular weight is 236 g/mol. The van der Waals surface area contributed by atoms with Crippen molar-refractivity contribution in [1.29, 1.82) is 0 Å². The van der Waals surface area contributed by atoms with Crippen molar-refractivity contribution in [2.24, 2.45) is 0 Å². The summed E-state index contributed by atoms with van der Waals surface area (Å²) in [6, 6.07) is 3.93. The second kappa shape index (κ2) is 5.58. The van der Waals surface area contributed by atoms with Gasteiger partial charge in [-0.15, -0.1) is 0 Å². The lowest BCUT2D eigenvalue weighted by Gasteiger charge is -2.11. The Morgan fingerprint density at radius 1 is 1.65 bits per heavy atom. The molecule has 6 nitrogen and oxygen atoms in total. The monoisotopic (exact) mass is 236 g/mol. The first-order chi connectivity index (χ1) is 8.27. The van der Waals surface area contributed by atoms with E-state index in [1.165, 1.54) is 19.0 Å². The third kappa shape index (κ3) is 3.13. The van der Waals surface area contributed by atoms with Gasteiger partial charge in [0, 0.05) is 12.6 Å². The fourth-order valence-corrected chi connectivity index (χ4v) is 2.06. The van der Waals surface area contributed by atoms with E-state index in [1.54, 1.807) is 12.1 Å². The number of pyridine rings is 1. The van der Waals surface area contributed by atoms with Crippen LogP contribution in [0.2, 0.25) is 0 Å². The lowest BCUT2D eigenvalue weighted by molar-refractivity contribution is -0.388. The summed E-state index contributed by atoms with van der Waals surface area (Å²) < 4.78 is 0. The van der Waals surface area contributed by atoms with Crippen LogP contribution in [-0.4, -0.2) is 29.0 Å². The minimum absolute atomic E-state index is 0.105. The standard InChI is InChI=1S/C11H16N4O2/c16-15(17)11-10(4-2-7-14-11)13-8-5-9-3-1-6-12-9/h2,4,7,9,12-13H,1,3,5-6,8H2/t9-/m1/s1. The maximum Gasteiger partial charge on any atom is 0.386 e. The minimum atomic E-state index is -0.462. The van der Waals surface area contributed by atoms with Gasteiger partial charge < -0.3 is 20.7 Å². The van der Waals surface area contributed by atoms with Gasteiger partial charge in [0.25, 0.3) is 0 Å². The maximum atomic E-state index is 10.7. The lowest BCUT2D eigenvalue weighted by Crippen LogP contribution is -2.24. The molecule has 0 aliphatic carbocycles. The van der Waals surface area contributed by atoms with Gasteiger partial charge in [-0.05, 0) is 47.8 Å². The quantitative estimate of drug-likeness (QED) is 0.598. The fraction of sp³-hybridized carbons (Fsp3) is 0.545. The van der Waals surface area contributed by atoms with Crippen LogP contribution < -0.4 is 10.6 Å². The molecule has 17 heavy (non-hydrogen) atoms. The first kappa shape index (κ1) is 11.8. The number of nitrogens with one attached hydrogen (secondary N) is 2. The molecule has 1 aromatic rings. The molecule has 92 valence electrons. The van der Waals surface area contributed by atoms with E-state index >= 15 is 0 Å². The van der Waals surface area contributed by atoms with Gasteiger partial charge >= 0.3 is 5.82 Å². The summed E-state index contributed by atoms with van der Waals surface area (Å²) in [6.45, 7) is 1.81. The number of anilines is 1. The van der Waals surface area contributed by atoms with Crippen LogP contribution >= 0.6 is 0 Å². The lowest BCUT2D eigenvalue weighted by atomic mass is 10.1. The third-order valence-electron chi connectivity index (χ3n) is 2.93. The van der Waals surface area contributed by atoms with Gasteiger partial charge in [-0.2, -0.15) is 0 Å².